The van der Waals surface area contributed by atoms with Gasteiger partial charge < -0.3 is 15.4 Å². The number of halogens is 4. The number of alkyl halides is 3. The van der Waals surface area contributed by atoms with Crippen LogP contribution < -0.4 is 10.6 Å². The van der Waals surface area contributed by atoms with Gasteiger partial charge in [0.15, 0.2) is 5.96 Å². The maximum absolute atomic E-state index is 12.5. The number of aliphatic imine (C=N–C) groups is 1. The average Bonchev–Trinajstić information content (AvgIpc) is 2.66. The SMILES string of the molecule is CCNC(=NCCCN1CCOCC1)NCCC1CCN(CC(F)(F)F)CC1.I. The molecule has 29 heavy (non-hydrogen) atoms. The van der Waals surface area contributed by atoms with E-state index >= 15 is 0 Å². The lowest BCUT2D eigenvalue weighted by Gasteiger charge is -2.32. The molecule has 0 atom stereocenters. The van der Waals surface area contributed by atoms with E-state index in [1.165, 1.54) is 4.90 Å². The van der Waals surface area contributed by atoms with Gasteiger partial charge in [0, 0.05) is 39.3 Å². The number of piperidine rings is 1. The summed E-state index contributed by atoms with van der Waals surface area (Å²) in [6.07, 6.45) is -0.421. The Morgan fingerprint density at radius 1 is 1.07 bits per heavy atom. The molecule has 6 nitrogen and oxygen atoms in total. The van der Waals surface area contributed by atoms with Crippen LogP contribution in [-0.2, 0) is 4.74 Å². The first-order chi connectivity index (χ1) is 13.5. The Hall–Kier alpha value is -0.330. The fourth-order valence-corrected chi connectivity index (χ4v) is 3.73. The Bertz CT molecular complexity index is 454. The summed E-state index contributed by atoms with van der Waals surface area (Å²) in [5.74, 6) is 1.32. The molecule has 2 fully saturated rings. The van der Waals surface area contributed by atoms with Gasteiger partial charge in [0.2, 0.25) is 0 Å². The van der Waals surface area contributed by atoms with E-state index in [4.69, 9.17) is 4.74 Å². The van der Waals surface area contributed by atoms with Crippen molar-refractivity contribution in [3.8, 4) is 0 Å². The molecular weight excluding hydrogens is 498 g/mol. The normalized spacial score (nSPS) is 20.3. The molecule has 2 heterocycles. The molecule has 2 aliphatic rings. The van der Waals surface area contributed by atoms with Gasteiger partial charge in [-0.3, -0.25) is 14.8 Å². The predicted octanol–water partition coefficient (Wildman–Crippen LogP) is 2.55. The first kappa shape index (κ1) is 26.7. The third-order valence-corrected chi connectivity index (χ3v) is 5.31. The Kier molecular flexibility index (Phi) is 13.5. The van der Waals surface area contributed by atoms with Crippen molar-refractivity contribution in [2.75, 3.05) is 72.1 Å². The molecule has 0 aromatic carbocycles. The topological polar surface area (TPSA) is 52.1 Å². The van der Waals surface area contributed by atoms with Crippen LogP contribution in [0.2, 0.25) is 0 Å². The second-order valence-electron chi connectivity index (χ2n) is 7.62. The Labute approximate surface area is 190 Å². The Morgan fingerprint density at radius 3 is 2.38 bits per heavy atom. The molecule has 2 aliphatic heterocycles. The van der Waals surface area contributed by atoms with Crippen LogP contribution in [0.5, 0.6) is 0 Å². The molecule has 172 valence electrons. The van der Waals surface area contributed by atoms with Crippen molar-refractivity contribution >= 4 is 29.9 Å². The minimum atomic E-state index is -4.09. The van der Waals surface area contributed by atoms with Crippen molar-refractivity contribution < 1.29 is 17.9 Å². The maximum atomic E-state index is 12.5. The summed E-state index contributed by atoms with van der Waals surface area (Å²) < 4.78 is 42.7. The van der Waals surface area contributed by atoms with E-state index in [1.807, 2.05) is 6.92 Å². The lowest BCUT2D eigenvalue weighted by atomic mass is 9.93. The molecule has 0 unspecified atom stereocenters. The highest BCUT2D eigenvalue weighted by Gasteiger charge is 2.32. The number of guanidine groups is 1. The Balaban J connectivity index is 0.00000420. The molecule has 10 heteroatoms. The Morgan fingerprint density at radius 2 is 1.76 bits per heavy atom. The van der Waals surface area contributed by atoms with Crippen LogP contribution in [0, 0.1) is 5.92 Å². The van der Waals surface area contributed by atoms with Crippen molar-refractivity contribution in [3.63, 3.8) is 0 Å². The molecule has 0 amide bonds. The minimum absolute atomic E-state index is 0. The molecule has 2 rings (SSSR count). The monoisotopic (exact) mass is 535 g/mol. The van der Waals surface area contributed by atoms with Gasteiger partial charge in [-0.2, -0.15) is 13.2 Å². The molecule has 0 aliphatic carbocycles. The zero-order chi connectivity index (χ0) is 20.2. The minimum Gasteiger partial charge on any atom is -0.379 e. The van der Waals surface area contributed by atoms with E-state index in [0.29, 0.717) is 19.0 Å². The summed E-state index contributed by atoms with van der Waals surface area (Å²) in [6, 6.07) is 0. The van der Waals surface area contributed by atoms with Crippen molar-refractivity contribution in [3.05, 3.63) is 0 Å². The lowest BCUT2D eigenvalue weighted by Crippen LogP contribution is -2.41. The van der Waals surface area contributed by atoms with Gasteiger partial charge in [0.05, 0.1) is 19.8 Å². The number of hydrogen-bond donors (Lipinski definition) is 2. The molecule has 0 bridgehead atoms. The van der Waals surface area contributed by atoms with Crippen molar-refractivity contribution in [1.82, 2.24) is 20.4 Å². The standard InChI is InChI=1S/C19H36F3N5O.HI/c1-2-23-18(24-7-3-9-26-12-14-28-15-13-26)25-8-4-17-5-10-27(11-6-17)16-19(20,21)22;/h17H,2-16H2,1H3,(H2,23,24,25);1H. The quantitative estimate of drug-likeness (QED) is 0.206. The number of ether oxygens (including phenoxy) is 1. The molecule has 0 radical (unpaired) electrons. The summed E-state index contributed by atoms with van der Waals surface area (Å²) in [7, 11) is 0. The van der Waals surface area contributed by atoms with Gasteiger partial charge >= 0.3 is 6.18 Å². The van der Waals surface area contributed by atoms with Gasteiger partial charge in [0.1, 0.15) is 0 Å². The van der Waals surface area contributed by atoms with Crippen LogP contribution in [0.4, 0.5) is 13.2 Å². The fraction of sp³-hybridized carbons (Fsp3) is 0.947. The highest BCUT2D eigenvalue weighted by Crippen LogP contribution is 2.23. The van der Waals surface area contributed by atoms with Gasteiger partial charge in [-0.25, -0.2) is 0 Å². The van der Waals surface area contributed by atoms with Gasteiger partial charge in [-0.15, -0.1) is 24.0 Å². The molecule has 0 aromatic heterocycles. The van der Waals surface area contributed by atoms with E-state index in [2.05, 4.69) is 20.5 Å². The molecular formula is C19H37F3IN5O. The van der Waals surface area contributed by atoms with E-state index in [-0.39, 0.29) is 24.0 Å². The van der Waals surface area contributed by atoms with Crippen LogP contribution in [-0.4, -0.2) is 94.1 Å². The van der Waals surface area contributed by atoms with Crippen molar-refractivity contribution in [2.24, 2.45) is 10.9 Å². The highest BCUT2D eigenvalue weighted by molar-refractivity contribution is 14.0. The number of likely N-dealkylation sites (tertiary alicyclic amines) is 1. The largest absolute Gasteiger partial charge is 0.401 e. The zero-order valence-electron chi connectivity index (χ0n) is 17.5. The van der Waals surface area contributed by atoms with Crippen LogP contribution >= 0.6 is 24.0 Å². The molecule has 2 N–H and O–H groups in total. The van der Waals surface area contributed by atoms with E-state index in [0.717, 1.165) is 84.1 Å². The molecule has 0 aromatic rings. The second kappa shape index (κ2) is 14.6. The number of nitrogens with one attached hydrogen (secondary N) is 2. The van der Waals surface area contributed by atoms with E-state index in [1.54, 1.807) is 0 Å². The maximum Gasteiger partial charge on any atom is 0.401 e. The summed E-state index contributed by atoms with van der Waals surface area (Å²) in [5, 5.41) is 6.63. The van der Waals surface area contributed by atoms with Crippen LogP contribution in [0.1, 0.15) is 32.6 Å². The summed E-state index contributed by atoms with van der Waals surface area (Å²) in [4.78, 5) is 8.56. The summed E-state index contributed by atoms with van der Waals surface area (Å²) in [6.45, 7) is 9.44. The summed E-state index contributed by atoms with van der Waals surface area (Å²) in [5.41, 5.74) is 0. The lowest BCUT2D eigenvalue weighted by molar-refractivity contribution is -0.148. The van der Waals surface area contributed by atoms with Crippen LogP contribution in [0.15, 0.2) is 4.99 Å². The third kappa shape index (κ3) is 12.2. The number of morpholine rings is 1. The van der Waals surface area contributed by atoms with E-state index < -0.39 is 12.7 Å². The van der Waals surface area contributed by atoms with Crippen LogP contribution in [0.25, 0.3) is 0 Å². The predicted molar refractivity (Wildman–Crippen MR) is 121 cm³/mol. The van der Waals surface area contributed by atoms with Crippen molar-refractivity contribution in [2.45, 2.75) is 38.8 Å². The van der Waals surface area contributed by atoms with E-state index in [9.17, 15) is 13.2 Å². The van der Waals surface area contributed by atoms with Gasteiger partial charge in [-0.05, 0) is 51.6 Å². The smallest absolute Gasteiger partial charge is 0.379 e. The third-order valence-electron chi connectivity index (χ3n) is 5.31. The number of rotatable bonds is 9. The molecule has 0 saturated carbocycles. The first-order valence-electron chi connectivity index (χ1n) is 10.6. The number of hydrogen-bond acceptors (Lipinski definition) is 4. The molecule has 2 saturated heterocycles. The average molecular weight is 535 g/mol. The molecule has 0 spiro atoms. The highest BCUT2D eigenvalue weighted by atomic mass is 127. The van der Waals surface area contributed by atoms with Crippen molar-refractivity contribution in [1.29, 1.82) is 0 Å². The first-order valence-corrected chi connectivity index (χ1v) is 10.6. The van der Waals surface area contributed by atoms with Gasteiger partial charge in [0.25, 0.3) is 0 Å². The fourth-order valence-electron chi connectivity index (χ4n) is 3.73. The summed E-state index contributed by atoms with van der Waals surface area (Å²) >= 11 is 0. The van der Waals surface area contributed by atoms with Crippen LogP contribution in [0.3, 0.4) is 0 Å². The van der Waals surface area contributed by atoms with Gasteiger partial charge in [-0.1, -0.05) is 0 Å². The number of nitrogens with zero attached hydrogens (tertiary/aromatic N) is 3. The zero-order valence-corrected chi connectivity index (χ0v) is 19.8. The second-order valence-corrected chi connectivity index (χ2v) is 7.62.